The number of aromatic nitrogens is 1. The molecule has 1 atom stereocenters. The van der Waals surface area contributed by atoms with Crippen molar-refractivity contribution >= 4 is 19.9 Å². The Morgan fingerprint density at radius 2 is 1.94 bits per heavy atom. The average molecular weight is 293 g/mol. The number of hydrogen-bond acceptors (Lipinski definition) is 6. The quantitative estimate of drug-likeness (QED) is 0.727. The van der Waals surface area contributed by atoms with Gasteiger partial charge in [0.15, 0.2) is 14.9 Å². The summed E-state index contributed by atoms with van der Waals surface area (Å²) >= 11 is 0. The third kappa shape index (κ3) is 3.73. The van der Waals surface area contributed by atoms with Gasteiger partial charge in [0.1, 0.15) is 4.90 Å². The van der Waals surface area contributed by atoms with Gasteiger partial charge >= 0.3 is 0 Å². The van der Waals surface area contributed by atoms with Crippen molar-refractivity contribution in [1.82, 2.24) is 9.71 Å². The van der Waals surface area contributed by atoms with Gasteiger partial charge in [0, 0.05) is 25.0 Å². The van der Waals surface area contributed by atoms with E-state index in [9.17, 15) is 16.8 Å². The molecule has 3 N–H and O–H groups in total. The lowest BCUT2D eigenvalue weighted by atomic mass is 10.4. The Kier molecular flexibility index (Phi) is 4.43. The van der Waals surface area contributed by atoms with Crippen molar-refractivity contribution in [2.75, 3.05) is 12.8 Å². The van der Waals surface area contributed by atoms with E-state index < -0.39 is 25.9 Å². The number of hydrogen-bond donors (Lipinski definition) is 2. The minimum atomic E-state index is -3.72. The normalized spacial score (nSPS) is 14.4. The maximum Gasteiger partial charge on any atom is 0.242 e. The van der Waals surface area contributed by atoms with Gasteiger partial charge in [0.25, 0.3) is 0 Å². The van der Waals surface area contributed by atoms with Crippen LogP contribution in [0, 0.1) is 0 Å². The van der Waals surface area contributed by atoms with Crippen molar-refractivity contribution in [2.24, 2.45) is 5.73 Å². The molecule has 7 nitrogen and oxygen atoms in total. The number of nitrogens with one attached hydrogen (secondary N) is 1. The molecule has 0 aromatic carbocycles. The first kappa shape index (κ1) is 15.0. The van der Waals surface area contributed by atoms with E-state index in [1.807, 2.05) is 0 Å². The van der Waals surface area contributed by atoms with E-state index in [1.54, 1.807) is 6.92 Å². The predicted octanol–water partition coefficient (Wildman–Crippen LogP) is -0.889. The largest absolute Gasteiger partial charge is 0.329 e. The molecule has 1 heterocycles. The van der Waals surface area contributed by atoms with Gasteiger partial charge in [-0.1, -0.05) is 0 Å². The lowest BCUT2D eigenvalue weighted by Crippen LogP contribution is -2.37. The van der Waals surface area contributed by atoms with Crippen LogP contribution in [0.1, 0.15) is 6.92 Å². The molecule has 0 saturated heterocycles. The maximum atomic E-state index is 11.8. The van der Waals surface area contributed by atoms with Crippen molar-refractivity contribution in [3.05, 3.63) is 18.3 Å². The number of sulfonamides is 1. The van der Waals surface area contributed by atoms with Gasteiger partial charge in [-0.3, -0.25) is 0 Å². The number of nitrogens with two attached hydrogens (primary N) is 1. The lowest BCUT2D eigenvalue weighted by Gasteiger charge is -2.11. The first-order valence-corrected chi connectivity index (χ1v) is 8.43. The van der Waals surface area contributed by atoms with Crippen LogP contribution in [-0.2, 0) is 19.9 Å². The third-order valence-corrected chi connectivity index (χ3v) is 4.69. The fourth-order valence-corrected chi connectivity index (χ4v) is 2.89. The van der Waals surface area contributed by atoms with Crippen LogP contribution in [0.5, 0.6) is 0 Å². The third-order valence-electron chi connectivity index (χ3n) is 2.11. The number of nitrogens with zero attached hydrogens (tertiary/aromatic N) is 1. The topological polar surface area (TPSA) is 119 Å². The van der Waals surface area contributed by atoms with Crippen LogP contribution in [-0.4, -0.2) is 40.7 Å². The van der Waals surface area contributed by atoms with E-state index in [1.165, 1.54) is 6.07 Å². The molecule has 18 heavy (non-hydrogen) atoms. The highest BCUT2D eigenvalue weighted by molar-refractivity contribution is 7.90. The van der Waals surface area contributed by atoms with Crippen molar-refractivity contribution in [2.45, 2.75) is 22.9 Å². The van der Waals surface area contributed by atoms with Gasteiger partial charge in [-0.25, -0.2) is 26.5 Å². The summed E-state index contributed by atoms with van der Waals surface area (Å²) in [5.74, 6) is 0. The highest BCUT2D eigenvalue weighted by atomic mass is 32.2. The molecule has 0 spiro atoms. The predicted molar refractivity (Wildman–Crippen MR) is 66.2 cm³/mol. The lowest BCUT2D eigenvalue weighted by molar-refractivity contribution is 0.561. The van der Waals surface area contributed by atoms with Gasteiger partial charge in [0.2, 0.25) is 10.0 Å². The van der Waals surface area contributed by atoms with Gasteiger partial charge in [-0.15, -0.1) is 0 Å². The molecule has 0 fully saturated rings. The zero-order valence-electron chi connectivity index (χ0n) is 9.99. The van der Waals surface area contributed by atoms with Gasteiger partial charge in [-0.2, -0.15) is 0 Å². The summed E-state index contributed by atoms with van der Waals surface area (Å²) in [6, 6.07) is 1.93. The van der Waals surface area contributed by atoms with Crippen LogP contribution in [0.4, 0.5) is 0 Å². The molecular weight excluding hydrogens is 278 g/mol. The summed E-state index contributed by atoms with van der Waals surface area (Å²) < 4.78 is 48.3. The van der Waals surface area contributed by atoms with Crippen LogP contribution in [0.25, 0.3) is 0 Å². The van der Waals surface area contributed by atoms with E-state index in [0.717, 1.165) is 18.5 Å². The second kappa shape index (κ2) is 5.31. The highest BCUT2D eigenvalue weighted by Crippen LogP contribution is 2.11. The van der Waals surface area contributed by atoms with Gasteiger partial charge in [0.05, 0.1) is 0 Å². The van der Waals surface area contributed by atoms with Crippen molar-refractivity contribution in [1.29, 1.82) is 0 Å². The molecule has 0 unspecified atom stereocenters. The monoisotopic (exact) mass is 293 g/mol. The molecule has 0 aliphatic rings. The molecule has 0 saturated carbocycles. The Bertz CT molecular complexity index is 608. The summed E-state index contributed by atoms with van der Waals surface area (Å²) in [5.41, 5.74) is 5.32. The first-order chi connectivity index (χ1) is 8.16. The molecule has 0 amide bonds. The van der Waals surface area contributed by atoms with E-state index in [-0.39, 0.29) is 16.5 Å². The Morgan fingerprint density at radius 3 is 2.33 bits per heavy atom. The van der Waals surface area contributed by atoms with Crippen molar-refractivity contribution < 1.29 is 16.8 Å². The summed E-state index contributed by atoms with van der Waals surface area (Å²) in [4.78, 5) is 3.51. The van der Waals surface area contributed by atoms with Crippen LogP contribution in [0.3, 0.4) is 0 Å². The average Bonchev–Trinajstić information content (AvgIpc) is 2.27. The first-order valence-electron chi connectivity index (χ1n) is 5.05. The van der Waals surface area contributed by atoms with E-state index >= 15 is 0 Å². The van der Waals surface area contributed by atoms with E-state index in [0.29, 0.717) is 0 Å². The molecule has 0 bridgehead atoms. The molecular formula is C9H15N3O4S2. The minimum Gasteiger partial charge on any atom is -0.329 e. The summed E-state index contributed by atoms with van der Waals surface area (Å²) in [6.45, 7) is 1.78. The molecule has 1 rings (SSSR count). The smallest absolute Gasteiger partial charge is 0.242 e. The molecule has 0 aliphatic carbocycles. The molecule has 0 aliphatic heterocycles. The van der Waals surface area contributed by atoms with Crippen LogP contribution >= 0.6 is 0 Å². The highest BCUT2D eigenvalue weighted by Gasteiger charge is 2.18. The Hall–Kier alpha value is -1.03. The van der Waals surface area contributed by atoms with Crippen molar-refractivity contribution in [3.63, 3.8) is 0 Å². The van der Waals surface area contributed by atoms with Gasteiger partial charge in [-0.05, 0) is 19.1 Å². The van der Waals surface area contributed by atoms with E-state index in [2.05, 4.69) is 9.71 Å². The summed E-state index contributed by atoms with van der Waals surface area (Å²) in [7, 11) is -7.16. The Morgan fingerprint density at radius 1 is 1.33 bits per heavy atom. The summed E-state index contributed by atoms with van der Waals surface area (Å²) in [6.07, 6.45) is 2.00. The maximum absolute atomic E-state index is 11.8. The number of pyridine rings is 1. The standard InChI is InChI=1S/C9H15N3O4S2/c1-7(5-10)12-18(15,16)8-3-4-9(11-6-8)17(2,13)14/h3-4,6-7,12H,5,10H2,1-2H3/t7-/m0/s1. The van der Waals surface area contributed by atoms with Crippen molar-refractivity contribution in [3.8, 4) is 0 Å². The molecule has 1 aromatic heterocycles. The zero-order chi connectivity index (χ0) is 14.0. The second-order valence-corrected chi connectivity index (χ2v) is 7.54. The number of rotatable bonds is 5. The second-order valence-electron chi connectivity index (χ2n) is 3.86. The summed E-state index contributed by atoms with van der Waals surface area (Å²) in [5, 5.41) is -0.173. The van der Waals surface area contributed by atoms with E-state index in [4.69, 9.17) is 5.73 Å². The molecule has 1 aromatic rings. The Balaban J connectivity index is 3.06. The van der Waals surface area contributed by atoms with Crippen LogP contribution < -0.4 is 10.5 Å². The molecule has 102 valence electrons. The molecule has 0 radical (unpaired) electrons. The van der Waals surface area contributed by atoms with Gasteiger partial charge < -0.3 is 5.73 Å². The Labute approximate surface area is 106 Å². The minimum absolute atomic E-state index is 0.102. The SMILES string of the molecule is C[C@@H](CN)NS(=O)(=O)c1ccc(S(C)(=O)=O)nc1. The van der Waals surface area contributed by atoms with Crippen LogP contribution in [0.2, 0.25) is 0 Å². The number of sulfone groups is 1. The van der Waals surface area contributed by atoms with Crippen LogP contribution in [0.15, 0.2) is 28.3 Å². The molecule has 9 heteroatoms. The fourth-order valence-electron chi connectivity index (χ4n) is 1.13. The zero-order valence-corrected chi connectivity index (χ0v) is 11.6. The fraction of sp³-hybridized carbons (Fsp3) is 0.444.